The number of aliphatic hydroxyl groups is 1. The van der Waals surface area contributed by atoms with Gasteiger partial charge in [0.15, 0.2) is 5.60 Å². The van der Waals surface area contributed by atoms with Gasteiger partial charge in [-0.25, -0.2) is 4.79 Å². The molecule has 10 heteroatoms. The van der Waals surface area contributed by atoms with E-state index in [-0.39, 0.29) is 16.1 Å². The van der Waals surface area contributed by atoms with E-state index in [1.807, 2.05) is 12.1 Å². The zero-order chi connectivity index (χ0) is 29.1. The van der Waals surface area contributed by atoms with E-state index in [4.69, 9.17) is 31.3 Å². The Bertz CT molecular complexity index is 1490. The molecule has 2 unspecified atom stereocenters. The molecule has 6 nitrogen and oxygen atoms in total. The number of nitrogens with zero attached hydrogens (tertiary/aromatic N) is 1. The molecular weight excluding hydrogens is 547 g/mol. The van der Waals surface area contributed by atoms with Crippen LogP contribution < -0.4 is 4.74 Å². The Labute approximate surface area is 233 Å². The van der Waals surface area contributed by atoms with E-state index in [0.717, 1.165) is 11.8 Å². The molecule has 3 aromatic carbocycles. The number of alkyl halides is 3. The van der Waals surface area contributed by atoms with Gasteiger partial charge >= 0.3 is 12.3 Å². The predicted molar refractivity (Wildman–Crippen MR) is 145 cm³/mol. The Kier molecular flexibility index (Phi) is 8.56. The normalized spacial score (nSPS) is 15.4. The molecule has 0 bridgehead atoms. The summed E-state index contributed by atoms with van der Waals surface area (Å²) in [5.41, 5.74) is -0.514. The lowest BCUT2D eigenvalue weighted by Crippen LogP contribution is -2.46. The Morgan fingerprint density at radius 2 is 1.70 bits per heavy atom. The number of hydrogen-bond acceptors (Lipinski definition) is 4. The topological polar surface area (TPSA) is 99.9 Å². The smallest absolute Gasteiger partial charge is 0.489 e. The molecule has 4 aromatic rings. The molecule has 3 N–H and O–H groups in total. The molecule has 1 fully saturated rings. The zero-order valence-electron chi connectivity index (χ0n) is 21.4. The highest BCUT2D eigenvalue weighted by atomic mass is 35.5. The number of fused-ring (bicyclic) bond motifs is 1. The van der Waals surface area contributed by atoms with Gasteiger partial charge < -0.3 is 20.1 Å². The second-order valence-electron chi connectivity index (χ2n) is 9.67. The van der Waals surface area contributed by atoms with Crippen LogP contribution in [0.5, 0.6) is 5.75 Å². The van der Waals surface area contributed by atoms with Crippen LogP contribution in [0.25, 0.3) is 10.9 Å². The van der Waals surface area contributed by atoms with Gasteiger partial charge in [0, 0.05) is 28.1 Å². The van der Waals surface area contributed by atoms with Crippen LogP contribution in [0.1, 0.15) is 53.9 Å². The highest BCUT2D eigenvalue weighted by Gasteiger charge is 2.59. The maximum atomic E-state index is 14.4. The molecule has 40 heavy (non-hydrogen) atoms. The minimum atomic E-state index is -4.97. The van der Waals surface area contributed by atoms with Crippen LogP contribution in [-0.4, -0.2) is 32.6 Å². The molecule has 0 aliphatic heterocycles. The summed E-state index contributed by atoms with van der Waals surface area (Å²) < 4.78 is 49.0. The van der Waals surface area contributed by atoms with Gasteiger partial charge in [-0.15, -0.1) is 0 Å². The third kappa shape index (κ3) is 6.48. The van der Waals surface area contributed by atoms with E-state index in [9.17, 15) is 18.3 Å². The number of benzene rings is 3. The van der Waals surface area contributed by atoms with Gasteiger partial charge in [0.05, 0.1) is 5.52 Å². The van der Waals surface area contributed by atoms with Crippen molar-refractivity contribution in [2.24, 2.45) is 0 Å². The van der Waals surface area contributed by atoms with Crippen molar-refractivity contribution in [1.29, 1.82) is 0 Å². The van der Waals surface area contributed by atoms with Crippen LogP contribution in [0.15, 0.2) is 79.0 Å². The number of carboxylic acid groups (broad SMARTS) is 2. The minimum absolute atomic E-state index is 0.0838. The Hall–Kier alpha value is -3.82. The van der Waals surface area contributed by atoms with E-state index in [2.05, 4.69) is 17.1 Å². The summed E-state index contributed by atoms with van der Waals surface area (Å²) >= 11 is 6.43. The predicted octanol–water partition coefficient (Wildman–Crippen LogP) is 8.12. The lowest BCUT2D eigenvalue weighted by molar-refractivity contribution is -0.274. The quantitative estimate of drug-likeness (QED) is 0.206. The second-order valence-corrected chi connectivity index (χ2v) is 10.1. The number of aromatic nitrogens is 1. The molecule has 1 heterocycles. The summed E-state index contributed by atoms with van der Waals surface area (Å²) in [7, 11) is 0. The van der Waals surface area contributed by atoms with Crippen molar-refractivity contribution in [3.05, 3.63) is 106 Å². The average molecular weight is 574 g/mol. The first-order valence-corrected chi connectivity index (χ1v) is 12.8. The summed E-state index contributed by atoms with van der Waals surface area (Å²) in [5, 5.41) is 25.7. The van der Waals surface area contributed by atoms with Gasteiger partial charge in [0.25, 0.3) is 0 Å². The molecule has 1 aliphatic rings. The van der Waals surface area contributed by atoms with Crippen molar-refractivity contribution in [1.82, 2.24) is 4.98 Å². The lowest BCUT2D eigenvalue weighted by atomic mass is 9.78. The highest BCUT2D eigenvalue weighted by Crippen LogP contribution is 2.50. The van der Waals surface area contributed by atoms with Crippen molar-refractivity contribution in [3.63, 3.8) is 0 Å². The van der Waals surface area contributed by atoms with Crippen molar-refractivity contribution < 1.29 is 38.0 Å². The number of carbonyl (C=O) groups is 1. The van der Waals surface area contributed by atoms with Crippen LogP contribution in [-0.2, 0) is 12.2 Å². The fraction of sp³-hybridized carbons (Fsp3) is 0.267. The van der Waals surface area contributed by atoms with Crippen molar-refractivity contribution in [3.8, 4) is 5.75 Å². The average Bonchev–Trinajstić information content (AvgIpc) is 3.76. The fourth-order valence-corrected chi connectivity index (χ4v) is 4.92. The Morgan fingerprint density at radius 1 is 1.05 bits per heavy atom. The molecule has 1 aliphatic carbocycles. The summed E-state index contributed by atoms with van der Waals surface area (Å²) in [6, 6.07) is 20.9. The maximum absolute atomic E-state index is 14.4. The highest BCUT2D eigenvalue weighted by molar-refractivity contribution is 6.31. The number of ether oxygens (including phenoxy) is 1. The van der Waals surface area contributed by atoms with Gasteiger partial charge in [-0.05, 0) is 59.7 Å². The molecule has 1 saturated carbocycles. The van der Waals surface area contributed by atoms with Crippen LogP contribution in [0.2, 0.25) is 5.02 Å². The molecule has 0 radical (unpaired) electrons. The van der Waals surface area contributed by atoms with E-state index in [1.165, 1.54) is 43.5 Å². The monoisotopic (exact) mass is 573 g/mol. The Morgan fingerprint density at radius 3 is 2.30 bits per heavy atom. The fourth-order valence-electron chi connectivity index (χ4n) is 4.58. The summed E-state index contributed by atoms with van der Waals surface area (Å²) in [4.78, 5) is 12.7. The molecule has 5 rings (SSSR count). The van der Waals surface area contributed by atoms with E-state index >= 15 is 0 Å². The van der Waals surface area contributed by atoms with Gasteiger partial charge in [0.2, 0.25) is 0 Å². The van der Waals surface area contributed by atoms with Gasteiger partial charge in [-0.1, -0.05) is 67.1 Å². The van der Waals surface area contributed by atoms with Crippen LogP contribution >= 0.6 is 11.6 Å². The molecule has 0 amide bonds. The number of rotatable bonds is 7. The number of pyridine rings is 1. The van der Waals surface area contributed by atoms with Gasteiger partial charge in [-0.2, -0.15) is 13.2 Å². The maximum Gasteiger partial charge on any atom is 0.503 e. The molecule has 0 spiro atoms. The SMILES string of the molecule is CC(c1ccc(OCc2ccc(C3CC3)cc2)cc1Cl)C(O)(c1cnc2ccccc2c1)C(F)(F)F.O=C(O)O. The van der Waals surface area contributed by atoms with Crippen molar-refractivity contribution >= 4 is 28.7 Å². The molecule has 210 valence electrons. The third-order valence-electron chi connectivity index (χ3n) is 6.96. The summed E-state index contributed by atoms with van der Waals surface area (Å²) in [5.74, 6) is -0.295. The van der Waals surface area contributed by atoms with Crippen LogP contribution in [0.3, 0.4) is 0 Å². The number of hydrogen-bond donors (Lipinski definition) is 3. The molecule has 1 aromatic heterocycles. The summed E-state index contributed by atoms with van der Waals surface area (Å²) in [6.07, 6.45) is -3.26. The molecule has 2 atom stereocenters. The van der Waals surface area contributed by atoms with Crippen LogP contribution in [0.4, 0.5) is 18.0 Å². The summed E-state index contributed by atoms with van der Waals surface area (Å²) in [6.45, 7) is 1.62. The minimum Gasteiger partial charge on any atom is -0.489 e. The first kappa shape index (κ1) is 29.2. The molecular formula is C30H27ClF3NO5. The standard InChI is InChI=1S/C29H25ClF3NO2.CH2O3/c1-18(28(35,29(31,32)33)23-14-22-4-2-3-5-27(22)34-16-23)25-13-12-24(15-26(25)30)36-17-19-6-8-20(9-7-19)21-10-11-21;2-1(3)4/h2-9,12-16,18,21,35H,10-11,17H2,1H3;(H2,2,3,4). The third-order valence-corrected chi connectivity index (χ3v) is 7.29. The largest absolute Gasteiger partial charge is 0.503 e. The lowest BCUT2D eigenvalue weighted by Gasteiger charge is -2.37. The Balaban J connectivity index is 0.000000867. The van der Waals surface area contributed by atoms with E-state index in [0.29, 0.717) is 29.2 Å². The first-order valence-electron chi connectivity index (χ1n) is 12.5. The number of halogens is 4. The van der Waals surface area contributed by atoms with Gasteiger partial charge in [0.1, 0.15) is 12.4 Å². The van der Waals surface area contributed by atoms with E-state index in [1.54, 1.807) is 30.3 Å². The van der Waals surface area contributed by atoms with Crippen molar-refractivity contribution in [2.45, 2.75) is 50.0 Å². The van der Waals surface area contributed by atoms with Crippen LogP contribution in [0, 0.1) is 0 Å². The second kappa shape index (κ2) is 11.7. The zero-order valence-corrected chi connectivity index (χ0v) is 22.2. The molecule has 0 saturated heterocycles. The number of para-hydroxylation sites is 1. The first-order chi connectivity index (χ1) is 18.9. The van der Waals surface area contributed by atoms with Crippen molar-refractivity contribution in [2.75, 3.05) is 0 Å². The van der Waals surface area contributed by atoms with E-state index < -0.39 is 23.9 Å². The van der Waals surface area contributed by atoms with Gasteiger partial charge in [-0.3, -0.25) is 4.98 Å².